The molecule has 1 aliphatic heterocycles. The monoisotopic (exact) mass is 421 g/mol. The van der Waals surface area contributed by atoms with Gasteiger partial charge in [-0.1, -0.05) is 12.1 Å². The Labute approximate surface area is 178 Å². The molecule has 1 aromatic rings. The van der Waals surface area contributed by atoms with Crippen LogP contribution < -0.4 is 0 Å². The number of likely N-dealkylation sites (tertiary alicyclic amines) is 1. The van der Waals surface area contributed by atoms with E-state index in [9.17, 15) is 4.79 Å². The number of rotatable bonds is 9. The SMILES string of the molecule is CCSCC(=O)N1C[C@H]2C[C@@H](n3cc(CN(C)C)nn3)[C@H](OCC3CC3)C[C@H]2C1. The minimum absolute atomic E-state index is 0.172. The molecule has 2 aliphatic carbocycles. The molecular formula is C21H35N5O2S. The van der Waals surface area contributed by atoms with Crippen LogP contribution in [0.2, 0.25) is 0 Å². The summed E-state index contributed by atoms with van der Waals surface area (Å²) in [6.45, 7) is 5.56. The number of hydrogen-bond donors (Lipinski definition) is 0. The van der Waals surface area contributed by atoms with Crippen molar-refractivity contribution in [3.8, 4) is 0 Å². The van der Waals surface area contributed by atoms with E-state index in [0.29, 0.717) is 23.5 Å². The molecule has 0 spiro atoms. The van der Waals surface area contributed by atoms with E-state index >= 15 is 0 Å². The first-order chi connectivity index (χ1) is 14.0. The second-order valence-electron chi connectivity index (χ2n) is 9.24. The molecule has 0 aromatic carbocycles. The van der Waals surface area contributed by atoms with Crippen molar-refractivity contribution >= 4 is 17.7 Å². The summed E-state index contributed by atoms with van der Waals surface area (Å²) in [5, 5.41) is 8.86. The molecule has 8 heteroatoms. The van der Waals surface area contributed by atoms with Crippen LogP contribution in [-0.4, -0.2) is 82.1 Å². The first-order valence-corrected chi connectivity index (χ1v) is 12.2. The lowest BCUT2D eigenvalue weighted by Crippen LogP contribution is -2.38. The van der Waals surface area contributed by atoms with Gasteiger partial charge in [-0.2, -0.15) is 11.8 Å². The Kier molecular flexibility index (Phi) is 6.81. The van der Waals surface area contributed by atoms with Crippen LogP contribution in [0.15, 0.2) is 6.20 Å². The summed E-state index contributed by atoms with van der Waals surface area (Å²) in [5.41, 5.74) is 0.998. The molecule has 3 fully saturated rings. The van der Waals surface area contributed by atoms with Crippen molar-refractivity contribution in [1.29, 1.82) is 0 Å². The van der Waals surface area contributed by atoms with Crippen LogP contribution in [0.25, 0.3) is 0 Å². The van der Waals surface area contributed by atoms with Gasteiger partial charge in [0.25, 0.3) is 0 Å². The lowest BCUT2D eigenvalue weighted by molar-refractivity contribution is -0.127. The van der Waals surface area contributed by atoms with Gasteiger partial charge in [-0.3, -0.25) is 4.79 Å². The van der Waals surface area contributed by atoms with Crippen molar-refractivity contribution < 1.29 is 9.53 Å². The summed E-state index contributed by atoms with van der Waals surface area (Å²) >= 11 is 1.72. The van der Waals surface area contributed by atoms with E-state index in [1.807, 2.05) is 18.8 Å². The molecule has 4 atom stereocenters. The predicted octanol–water partition coefficient (Wildman–Crippen LogP) is 2.30. The highest BCUT2D eigenvalue weighted by Crippen LogP contribution is 2.43. The van der Waals surface area contributed by atoms with E-state index in [1.54, 1.807) is 11.8 Å². The standard InChI is InChI=1S/C21H35N5O2S/c1-4-29-14-21(27)25-9-16-7-19(26-12-18(22-23-26)11-24(2)3)20(8-17(16)10-25)28-13-15-5-6-15/h12,15-17,19-20H,4-11,13-14H2,1-3H3/t16-,17+,19-,20-/m1/s1. The second kappa shape index (κ2) is 9.35. The Morgan fingerprint density at radius 3 is 2.72 bits per heavy atom. The number of carbonyl (C=O) groups is 1. The maximum Gasteiger partial charge on any atom is 0.232 e. The van der Waals surface area contributed by atoms with Crippen LogP contribution in [0.4, 0.5) is 0 Å². The molecule has 29 heavy (non-hydrogen) atoms. The van der Waals surface area contributed by atoms with Gasteiger partial charge in [0.05, 0.1) is 29.8 Å². The number of hydrogen-bond acceptors (Lipinski definition) is 6. The average Bonchev–Trinajstić information content (AvgIpc) is 3.25. The van der Waals surface area contributed by atoms with Gasteiger partial charge in [0.1, 0.15) is 0 Å². The van der Waals surface area contributed by atoms with Crippen LogP contribution in [0.3, 0.4) is 0 Å². The molecule has 3 aliphatic rings. The fourth-order valence-corrected chi connectivity index (χ4v) is 5.31. The van der Waals surface area contributed by atoms with E-state index < -0.39 is 0 Å². The lowest BCUT2D eigenvalue weighted by atomic mass is 9.77. The summed E-state index contributed by atoms with van der Waals surface area (Å²) in [5.74, 6) is 3.74. The number of ether oxygens (including phenoxy) is 1. The molecule has 2 heterocycles. The van der Waals surface area contributed by atoms with Crippen LogP contribution in [0.1, 0.15) is 44.3 Å². The molecule has 1 saturated heterocycles. The van der Waals surface area contributed by atoms with Crippen molar-refractivity contribution in [1.82, 2.24) is 24.8 Å². The smallest absolute Gasteiger partial charge is 0.232 e. The van der Waals surface area contributed by atoms with Crippen LogP contribution >= 0.6 is 11.8 Å². The zero-order valence-electron chi connectivity index (χ0n) is 18.0. The molecular weight excluding hydrogens is 386 g/mol. The Bertz CT molecular complexity index is 692. The summed E-state index contributed by atoms with van der Waals surface area (Å²) in [6, 6.07) is 0.221. The molecule has 7 nitrogen and oxygen atoms in total. The Morgan fingerprint density at radius 1 is 1.28 bits per heavy atom. The highest BCUT2D eigenvalue weighted by Gasteiger charge is 2.45. The van der Waals surface area contributed by atoms with Crippen molar-refractivity contribution in [2.24, 2.45) is 17.8 Å². The maximum atomic E-state index is 12.6. The highest BCUT2D eigenvalue weighted by molar-refractivity contribution is 7.99. The number of amides is 1. The number of nitrogens with zero attached hydrogens (tertiary/aromatic N) is 5. The van der Waals surface area contributed by atoms with E-state index in [0.717, 1.165) is 56.4 Å². The fourth-order valence-electron chi connectivity index (χ4n) is 4.75. The molecule has 0 bridgehead atoms. The molecule has 0 N–H and O–H groups in total. The summed E-state index contributed by atoms with van der Waals surface area (Å²) in [4.78, 5) is 16.8. The minimum Gasteiger partial charge on any atom is -0.376 e. The third-order valence-corrected chi connectivity index (χ3v) is 7.35. The molecule has 162 valence electrons. The van der Waals surface area contributed by atoms with Crippen molar-refractivity contribution in [3.63, 3.8) is 0 Å². The van der Waals surface area contributed by atoms with E-state index in [1.165, 1.54) is 12.8 Å². The second-order valence-corrected chi connectivity index (χ2v) is 10.5. The van der Waals surface area contributed by atoms with Gasteiger partial charge in [-0.15, -0.1) is 5.10 Å². The van der Waals surface area contributed by atoms with Crippen molar-refractivity contribution in [2.75, 3.05) is 45.3 Å². The van der Waals surface area contributed by atoms with Gasteiger partial charge in [0.15, 0.2) is 0 Å². The first kappa shape index (κ1) is 21.1. The zero-order chi connectivity index (χ0) is 20.4. The van der Waals surface area contributed by atoms with E-state index in [-0.39, 0.29) is 12.1 Å². The van der Waals surface area contributed by atoms with Gasteiger partial charge >= 0.3 is 0 Å². The Hall–Kier alpha value is -1.12. The number of aromatic nitrogens is 3. The van der Waals surface area contributed by atoms with Gasteiger partial charge in [0, 0.05) is 26.2 Å². The summed E-state index contributed by atoms with van der Waals surface area (Å²) in [7, 11) is 4.10. The van der Waals surface area contributed by atoms with Gasteiger partial charge in [-0.25, -0.2) is 4.68 Å². The van der Waals surface area contributed by atoms with E-state index in [4.69, 9.17) is 4.74 Å². The van der Waals surface area contributed by atoms with Gasteiger partial charge < -0.3 is 14.5 Å². The molecule has 0 radical (unpaired) electrons. The lowest BCUT2D eigenvalue weighted by Gasteiger charge is -2.37. The number of thioether (sulfide) groups is 1. The summed E-state index contributed by atoms with van der Waals surface area (Å²) < 4.78 is 8.47. The van der Waals surface area contributed by atoms with Crippen LogP contribution in [-0.2, 0) is 16.1 Å². The molecule has 4 rings (SSSR count). The zero-order valence-corrected chi connectivity index (χ0v) is 18.8. The molecule has 1 amide bonds. The summed E-state index contributed by atoms with van der Waals surface area (Å²) in [6.07, 6.45) is 6.92. The largest absolute Gasteiger partial charge is 0.376 e. The van der Waals surface area contributed by atoms with E-state index in [2.05, 4.69) is 33.2 Å². The van der Waals surface area contributed by atoms with Gasteiger partial charge in [0.2, 0.25) is 5.91 Å². The predicted molar refractivity (Wildman–Crippen MR) is 115 cm³/mol. The Morgan fingerprint density at radius 2 is 2.03 bits per heavy atom. The third kappa shape index (κ3) is 5.33. The average molecular weight is 422 g/mol. The van der Waals surface area contributed by atoms with Crippen molar-refractivity contribution in [3.05, 3.63) is 11.9 Å². The number of fused-ring (bicyclic) bond motifs is 1. The fraction of sp³-hybridized carbons (Fsp3) is 0.857. The number of carbonyl (C=O) groups excluding carboxylic acids is 1. The molecule has 1 aromatic heterocycles. The van der Waals surface area contributed by atoms with Gasteiger partial charge in [-0.05, 0) is 63.3 Å². The first-order valence-electron chi connectivity index (χ1n) is 11.1. The quantitative estimate of drug-likeness (QED) is 0.610. The maximum absolute atomic E-state index is 12.6. The van der Waals surface area contributed by atoms with Crippen LogP contribution in [0, 0.1) is 17.8 Å². The highest BCUT2D eigenvalue weighted by atomic mass is 32.2. The normalized spacial score (nSPS) is 29.4. The minimum atomic E-state index is 0.172. The molecule has 2 saturated carbocycles. The van der Waals surface area contributed by atoms with Crippen LogP contribution in [0.5, 0.6) is 0 Å². The third-order valence-electron chi connectivity index (χ3n) is 6.49. The Balaban J connectivity index is 1.44. The molecule has 0 unspecified atom stereocenters. The topological polar surface area (TPSA) is 63.5 Å². The van der Waals surface area contributed by atoms with Crippen molar-refractivity contribution in [2.45, 2.75) is 51.3 Å².